The summed E-state index contributed by atoms with van der Waals surface area (Å²) in [6.45, 7) is 14.1. The molecule has 0 unspecified atom stereocenters. The van der Waals surface area contributed by atoms with E-state index in [1.54, 1.807) is 32.0 Å². The maximum atomic E-state index is 13.1. The SMILES string of the molecule is CCOC(=O)C1(C(=O)OCC)Cc2cc(O[Si](C)(C)C(C)(C)C)ccc2C1=O. The molecular weight excluding hydrogens is 376 g/mol. The van der Waals surface area contributed by atoms with Crippen LogP contribution in [0.1, 0.15) is 50.5 Å². The van der Waals surface area contributed by atoms with Gasteiger partial charge in [-0.05, 0) is 55.7 Å². The highest BCUT2D eigenvalue weighted by atomic mass is 28.4. The van der Waals surface area contributed by atoms with E-state index in [4.69, 9.17) is 13.9 Å². The van der Waals surface area contributed by atoms with Crippen molar-refractivity contribution in [2.75, 3.05) is 13.2 Å². The Bertz CT molecular complexity index is 773. The van der Waals surface area contributed by atoms with Crippen LogP contribution >= 0.6 is 0 Å². The van der Waals surface area contributed by atoms with Gasteiger partial charge in [-0.1, -0.05) is 20.8 Å². The number of fused-ring (bicyclic) bond motifs is 1. The number of carbonyl (C=O) groups excluding carboxylic acids is 3. The number of esters is 2. The van der Waals surface area contributed by atoms with Crippen molar-refractivity contribution in [3.63, 3.8) is 0 Å². The summed E-state index contributed by atoms with van der Waals surface area (Å²) >= 11 is 0. The number of carbonyl (C=O) groups is 3. The fourth-order valence-electron chi connectivity index (χ4n) is 2.97. The molecule has 0 aromatic heterocycles. The average Bonchev–Trinajstić information content (AvgIpc) is 2.87. The molecule has 0 saturated carbocycles. The molecule has 1 aliphatic carbocycles. The van der Waals surface area contributed by atoms with Crippen molar-refractivity contribution >= 4 is 26.0 Å². The molecule has 0 saturated heterocycles. The molecule has 2 rings (SSSR count). The molecule has 0 aliphatic heterocycles. The van der Waals surface area contributed by atoms with Crippen molar-refractivity contribution in [3.05, 3.63) is 29.3 Å². The second-order valence-electron chi connectivity index (χ2n) is 8.53. The Morgan fingerprint density at radius 1 is 1.07 bits per heavy atom. The Labute approximate surface area is 167 Å². The van der Waals surface area contributed by atoms with Gasteiger partial charge in [0, 0.05) is 12.0 Å². The van der Waals surface area contributed by atoms with Gasteiger partial charge in [-0.15, -0.1) is 0 Å². The molecule has 7 heteroatoms. The molecular formula is C21H30O6Si. The minimum absolute atomic E-state index is 0.0153. The number of ether oxygens (including phenoxy) is 2. The topological polar surface area (TPSA) is 78.9 Å². The summed E-state index contributed by atoms with van der Waals surface area (Å²) in [6, 6.07) is 5.11. The van der Waals surface area contributed by atoms with Gasteiger partial charge >= 0.3 is 11.9 Å². The summed E-state index contributed by atoms with van der Waals surface area (Å²) in [6.07, 6.45) is -0.0759. The molecule has 0 radical (unpaired) electrons. The second kappa shape index (κ2) is 7.70. The summed E-state index contributed by atoms with van der Waals surface area (Å²) in [7, 11) is -2.07. The highest BCUT2D eigenvalue weighted by Crippen LogP contribution is 2.42. The van der Waals surface area contributed by atoms with Gasteiger partial charge < -0.3 is 13.9 Å². The third-order valence-corrected chi connectivity index (χ3v) is 9.95. The predicted molar refractivity (Wildman–Crippen MR) is 108 cm³/mol. The van der Waals surface area contributed by atoms with Crippen molar-refractivity contribution in [3.8, 4) is 5.75 Å². The summed E-state index contributed by atoms with van der Waals surface area (Å²) in [5.41, 5.74) is -1.03. The van der Waals surface area contributed by atoms with E-state index in [9.17, 15) is 14.4 Å². The van der Waals surface area contributed by atoms with Crippen LogP contribution < -0.4 is 4.43 Å². The molecule has 0 atom stereocenters. The van der Waals surface area contributed by atoms with E-state index in [1.807, 2.05) is 0 Å². The predicted octanol–water partition coefficient (Wildman–Crippen LogP) is 3.92. The van der Waals surface area contributed by atoms with E-state index >= 15 is 0 Å². The van der Waals surface area contributed by atoms with Gasteiger partial charge in [-0.2, -0.15) is 0 Å². The van der Waals surface area contributed by atoms with Crippen molar-refractivity contribution in [1.82, 2.24) is 0 Å². The highest BCUT2D eigenvalue weighted by Gasteiger charge is 2.60. The molecule has 0 amide bonds. The van der Waals surface area contributed by atoms with Gasteiger partial charge in [0.25, 0.3) is 0 Å². The first-order valence-electron chi connectivity index (χ1n) is 9.62. The highest BCUT2D eigenvalue weighted by molar-refractivity contribution is 6.74. The smallest absolute Gasteiger partial charge is 0.331 e. The average molecular weight is 407 g/mol. The zero-order valence-electron chi connectivity index (χ0n) is 17.8. The van der Waals surface area contributed by atoms with E-state index in [2.05, 4.69) is 33.9 Å². The van der Waals surface area contributed by atoms with E-state index in [-0.39, 0.29) is 24.7 Å². The molecule has 6 nitrogen and oxygen atoms in total. The molecule has 1 aliphatic rings. The van der Waals surface area contributed by atoms with E-state index in [0.29, 0.717) is 16.9 Å². The summed E-state index contributed by atoms with van der Waals surface area (Å²) in [5, 5.41) is 0.0153. The second-order valence-corrected chi connectivity index (χ2v) is 13.3. The van der Waals surface area contributed by atoms with E-state index in [1.165, 1.54) is 0 Å². The van der Waals surface area contributed by atoms with Crippen LogP contribution in [0.25, 0.3) is 0 Å². The molecule has 0 N–H and O–H groups in total. The molecule has 154 valence electrons. The van der Waals surface area contributed by atoms with Crippen LogP contribution in [0.5, 0.6) is 5.75 Å². The van der Waals surface area contributed by atoms with Gasteiger partial charge in [0.1, 0.15) is 5.75 Å². The van der Waals surface area contributed by atoms with Crippen molar-refractivity contribution in [2.24, 2.45) is 5.41 Å². The Morgan fingerprint density at radius 3 is 2.07 bits per heavy atom. The standard InChI is InChI=1S/C21H30O6Si/c1-8-25-18(23)21(19(24)26-9-2)13-14-12-15(10-11-16(14)17(21)22)27-28(6,7)20(3,4)5/h10-12H,8-9,13H2,1-7H3. The monoisotopic (exact) mass is 406 g/mol. The van der Waals surface area contributed by atoms with Crippen LogP contribution in [0.2, 0.25) is 18.1 Å². The van der Waals surface area contributed by atoms with Crippen LogP contribution in [0.4, 0.5) is 0 Å². The van der Waals surface area contributed by atoms with Gasteiger partial charge in [-0.3, -0.25) is 14.4 Å². The van der Waals surface area contributed by atoms with Crippen LogP contribution in [-0.4, -0.2) is 39.3 Å². The van der Waals surface area contributed by atoms with Crippen molar-refractivity contribution in [1.29, 1.82) is 0 Å². The lowest BCUT2D eigenvalue weighted by molar-refractivity contribution is -0.167. The molecule has 0 spiro atoms. The maximum absolute atomic E-state index is 13.1. The lowest BCUT2D eigenvalue weighted by Gasteiger charge is -2.36. The first kappa shape index (κ1) is 22.1. The van der Waals surface area contributed by atoms with Crippen LogP contribution in [0.3, 0.4) is 0 Å². The number of rotatable bonds is 6. The van der Waals surface area contributed by atoms with E-state index < -0.39 is 31.5 Å². The van der Waals surface area contributed by atoms with Gasteiger partial charge in [0.2, 0.25) is 13.7 Å². The number of hydrogen-bond acceptors (Lipinski definition) is 6. The molecule has 0 fully saturated rings. The Morgan fingerprint density at radius 2 is 1.61 bits per heavy atom. The molecule has 28 heavy (non-hydrogen) atoms. The molecule has 0 heterocycles. The minimum Gasteiger partial charge on any atom is -0.543 e. The van der Waals surface area contributed by atoms with Crippen LogP contribution in [0, 0.1) is 5.41 Å². The number of ketones is 1. The molecule has 1 aromatic carbocycles. The number of benzene rings is 1. The van der Waals surface area contributed by atoms with Gasteiger partial charge in [0.05, 0.1) is 13.2 Å². The number of Topliss-reactive ketones (excluding diaryl/α,β-unsaturated/α-hetero) is 1. The van der Waals surface area contributed by atoms with Gasteiger partial charge in [-0.25, -0.2) is 0 Å². The normalized spacial score (nSPS) is 15.8. The van der Waals surface area contributed by atoms with Crippen molar-refractivity contribution < 1.29 is 28.3 Å². The van der Waals surface area contributed by atoms with E-state index in [0.717, 1.165) is 0 Å². The minimum atomic E-state index is -2.07. The van der Waals surface area contributed by atoms with Crippen LogP contribution in [0.15, 0.2) is 18.2 Å². The Balaban J connectivity index is 2.44. The zero-order valence-corrected chi connectivity index (χ0v) is 18.8. The largest absolute Gasteiger partial charge is 0.543 e. The van der Waals surface area contributed by atoms with Crippen LogP contribution in [-0.2, 0) is 25.5 Å². The quantitative estimate of drug-likeness (QED) is 0.405. The Hall–Kier alpha value is -2.15. The third-order valence-electron chi connectivity index (χ3n) is 5.59. The van der Waals surface area contributed by atoms with Gasteiger partial charge in [0.15, 0.2) is 5.78 Å². The fraction of sp³-hybridized carbons (Fsp3) is 0.571. The summed E-state index contributed by atoms with van der Waals surface area (Å²) in [4.78, 5) is 38.4. The number of hydrogen-bond donors (Lipinski definition) is 0. The maximum Gasteiger partial charge on any atom is 0.331 e. The lowest BCUT2D eigenvalue weighted by Crippen LogP contribution is -2.47. The molecule has 1 aromatic rings. The summed E-state index contributed by atoms with van der Waals surface area (Å²) < 4.78 is 16.4. The first-order valence-corrected chi connectivity index (χ1v) is 12.5. The third kappa shape index (κ3) is 3.72. The Kier molecular flexibility index (Phi) is 6.09. The first-order chi connectivity index (χ1) is 12.9. The fourth-order valence-corrected chi connectivity index (χ4v) is 3.99. The zero-order chi connectivity index (χ0) is 21.3. The van der Waals surface area contributed by atoms with Crippen molar-refractivity contribution in [2.45, 2.75) is 59.2 Å². The molecule has 0 bridgehead atoms. The lowest BCUT2D eigenvalue weighted by atomic mass is 9.83. The summed E-state index contributed by atoms with van der Waals surface area (Å²) in [5.74, 6) is -1.65.